The zero-order valence-corrected chi connectivity index (χ0v) is 19.9. The number of anilines is 1. The van der Waals surface area contributed by atoms with E-state index in [4.69, 9.17) is 9.72 Å². The summed E-state index contributed by atoms with van der Waals surface area (Å²) in [7, 11) is 0. The van der Waals surface area contributed by atoms with Gasteiger partial charge in [-0.3, -0.25) is 9.59 Å². The lowest BCUT2D eigenvalue weighted by atomic mass is 10.2. The van der Waals surface area contributed by atoms with Gasteiger partial charge in [0.05, 0.1) is 0 Å². The van der Waals surface area contributed by atoms with Crippen LogP contribution in [0.1, 0.15) is 12.5 Å². The number of aromatic nitrogens is 3. The summed E-state index contributed by atoms with van der Waals surface area (Å²) in [5, 5.41) is 5.19. The van der Waals surface area contributed by atoms with Crippen LogP contribution in [0.4, 0.5) is 5.82 Å². The number of hydrogen-bond acceptors (Lipinski definition) is 7. The summed E-state index contributed by atoms with van der Waals surface area (Å²) in [5.74, 6) is 1.26. The number of aryl methyl sites for hydroxylation is 1. The molecule has 1 saturated heterocycles. The van der Waals surface area contributed by atoms with Gasteiger partial charge in [-0.15, -0.1) is 0 Å². The summed E-state index contributed by atoms with van der Waals surface area (Å²) in [5.41, 5.74) is 1.83. The second-order valence-corrected chi connectivity index (χ2v) is 9.27. The van der Waals surface area contributed by atoms with E-state index in [0.717, 1.165) is 16.1 Å². The molecule has 1 aliphatic rings. The zero-order chi connectivity index (χ0) is 23.7. The highest BCUT2D eigenvalue weighted by atomic mass is 32.1. The van der Waals surface area contributed by atoms with Crippen LogP contribution in [-0.2, 0) is 4.79 Å². The number of carbonyl (C=O) groups is 1. The highest BCUT2D eigenvalue weighted by Gasteiger charge is 2.27. The van der Waals surface area contributed by atoms with E-state index >= 15 is 0 Å². The zero-order valence-electron chi connectivity index (χ0n) is 19.0. The first-order valence-corrected chi connectivity index (χ1v) is 12.0. The van der Waals surface area contributed by atoms with Gasteiger partial charge >= 0.3 is 0 Å². The summed E-state index contributed by atoms with van der Waals surface area (Å²) in [6.07, 6.45) is -0.568. The Morgan fingerprint density at radius 3 is 2.53 bits per heavy atom. The molecule has 2 aromatic carbocycles. The van der Waals surface area contributed by atoms with Gasteiger partial charge < -0.3 is 14.5 Å². The molecule has 1 amide bonds. The minimum atomic E-state index is -0.568. The second-order valence-electron chi connectivity index (χ2n) is 8.31. The van der Waals surface area contributed by atoms with Gasteiger partial charge in [-0.05, 0) is 31.5 Å². The van der Waals surface area contributed by atoms with Crippen molar-refractivity contribution in [2.45, 2.75) is 20.0 Å². The van der Waals surface area contributed by atoms with E-state index < -0.39 is 6.10 Å². The van der Waals surface area contributed by atoms with Gasteiger partial charge in [-0.1, -0.05) is 53.8 Å². The van der Waals surface area contributed by atoms with Crippen molar-refractivity contribution in [3.05, 3.63) is 76.6 Å². The first kappa shape index (κ1) is 22.1. The van der Waals surface area contributed by atoms with Crippen LogP contribution in [-0.4, -0.2) is 57.7 Å². The Bertz CT molecular complexity index is 1380. The molecule has 0 saturated carbocycles. The molecule has 5 rings (SSSR count). The van der Waals surface area contributed by atoms with Gasteiger partial charge in [0, 0.05) is 37.8 Å². The monoisotopic (exact) mass is 475 g/mol. The molecule has 3 heterocycles. The van der Waals surface area contributed by atoms with Crippen LogP contribution in [0, 0.1) is 6.92 Å². The van der Waals surface area contributed by atoms with Gasteiger partial charge in [-0.2, -0.15) is 9.61 Å². The average molecular weight is 476 g/mol. The number of amides is 1. The number of rotatable bonds is 5. The van der Waals surface area contributed by atoms with Crippen molar-refractivity contribution in [1.82, 2.24) is 19.5 Å². The van der Waals surface area contributed by atoms with Crippen LogP contribution >= 0.6 is 11.3 Å². The molecule has 0 N–H and O–H groups in total. The van der Waals surface area contributed by atoms with Crippen LogP contribution in [0.5, 0.6) is 5.75 Å². The fourth-order valence-electron chi connectivity index (χ4n) is 4.01. The van der Waals surface area contributed by atoms with Crippen LogP contribution < -0.4 is 15.2 Å². The maximum atomic E-state index is 12.9. The highest BCUT2D eigenvalue weighted by Crippen LogP contribution is 2.25. The Labute approximate surface area is 201 Å². The van der Waals surface area contributed by atoms with Crippen LogP contribution in [0.3, 0.4) is 0 Å². The second kappa shape index (κ2) is 9.26. The predicted octanol–water partition coefficient (Wildman–Crippen LogP) is 3.24. The third-order valence-electron chi connectivity index (χ3n) is 5.82. The van der Waals surface area contributed by atoms with Crippen molar-refractivity contribution in [3.8, 4) is 16.3 Å². The quantitative estimate of drug-likeness (QED) is 0.441. The summed E-state index contributed by atoms with van der Waals surface area (Å²) in [6, 6.07) is 19.0. The number of hydrogen-bond donors (Lipinski definition) is 0. The van der Waals surface area contributed by atoms with E-state index in [1.165, 1.54) is 21.9 Å². The van der Waals surface area contributed by atoms with Crippen molar-refractivity contribution < 1.29 is 9.53 Å². The van der Waals surface area contributed by atoms with Gasteiger partial charge in [0.15, 0.2) is 6.10 Å². The number of piperazine rings is 1. The van der Waals surface area contributed by atoms with E-state index in [-0.39, 0.29) is 11.5 Å². The predicted molar refractivity (Wildman–Crippen MR) is 133 cm³/mol. The van der Waals surface area contributed by atoms with Crippen molar-refractivity contribution in [2.75, 3.05) is 31.1 Å². The van der Waals surface area contributed by atoms with Crippen molar-refractivity contribution in [3.63, 3.8) is 0 Å². The third kappa shape index (κ3) is 4.51. The van der Waals surface area contributed by atoms with Crippen LogP contribution in [0.25, 0.3) is 15.5 Å². The largest absolute Gasteiger partial charge is 0.481 e. The van der Waals surface area contributed by atoms with Gasteiger partial charge in [0.2, 0.25) is 4.96 Å². The Hall–Kier alpha value is -3.72. The molecule has 0 spiro atoms. The Morgan fingerprint density at radius 1 is 1.03 bits per heavy atom. The first-order valence-electron chi connectivity index (χ1n) is 11.2. The van der Waals surface area contributed by atoms with Gasteiger partial charge in [-0.25, -0.2) is 4.98 Å². The lowest BCUT2D eigenvalue weighted by Gasteiger charge is -2.36. The standard InChI is InChI=1S/C25H25N5O3S/c1-17-7-6-10-20(15-17)33-18(2)24(32)29-13-11-28(12-14-29)21-16-22(31)30-25(26-21)34-23(27-30)19-8-4-3-5-9-19/h3-10,15-16,18H,11-14H2,1-2H3/t18-/m0/s1. The maximum Gasteiger partial charge on any atom is 0.277 e. The topological polar surface area (TPSA) is 80.0 Å². The van der Waals surface area contributed by atoms with Crippen molar-refractivity contribution >= 4 is 28.0 Å². The lowest BCUT2D eigenvalue weighted by molar-refractivity contribution is -0.138. The van der Waals surface area contributed by atoms with E-state index in [9.17, 15) is 9.59 Å². The highest BCUT2D eigenvalue weighted by molar-refractivity contribution is 7.19. The molecular weight excluding hydrogens is 450 g/mol. The molecule has 0 radical (unpaired) electrons. The van der Waals surface area contributed by atoms with E-state index in [1.54, 1.807) is 6.92 Å². The normalized spacial score (nSPS) is 14.9. The number of fused-ring (bicyclic) bond motifs is 1. The Morgan fingerprint density at radius 2 is 1.79 bits per heavy atom. The molecule has 1 aliphatic heterocycles. The number of nitrogens with zero attached hydrogens (tertiary/aromatic N) is 5. The smallest absolute Gasteiger partial charge is 0.277 e. The number of ether oxygens (including phenoxy) is 1. The molecule has 4 aromatic rings. The van der Waals surface area contributed by atoms with Crippen LogP contribution in [0.2, 0.25) is 0 Å². The van der Waals surface area contributed by atoms with Crippen LogP contribution in [0.15, 0.2) is 65.5 Å². The fraction of sp³-hybridized carbons (Fsp3) is 0.280. The molecule has 1 atom stereocenters. The van der Waals surface area contributed by atoms with Gasteiger partial charge in [0.1, 0.15) is 16.6 Å². The van der Waals surface area contributed by atoms with Crippen molar-refractivity contribution in [1.29, 1.82) is 0 Å². The summed E-state index contributed by atoms with van der Waals surface area (Å²) >= 11 is 1.39. The molecule has 8 nitrogen and oxygen atoms in total. The Kier molecular flexibility index (Phi) is 6.02. The molecule has 0 aliphatic carbocycles. The molecule has 2 aromatic heterocycles. The molecule has 1 fully saturated rings. The molecular formula is C25H25N5O3S. The molecule has 174 valence electrons. The minimum absolute atomic E-state index is 0.0420. The molecule has 0 bridgehead atoms. The maximum absolute atomic E-state index is 12.9. The van der Waals surface area contributed by atoms with E-state index in [0.29, 0.717) is 42.7 Å². The number of carbonyl (C=O) groups excluding carboxylic acids is 1. The van der Waals surface area contributed by atoms with Gasteiger partial charge in [0.25, 0.3) is 11.5 Å². The van der Waals surface area contributed by atoms with E-state index in [2.05, 4.69) is 5.10 Å². The molecule has 0 unspecified atom stereocenters. The summed E-state index contributed by atoms with van der Waals surface area (Å²) < 4.78 is 7.21. The third-order valence-corrected chi connectivity index (χ3v) is 6.78. The van der Waals surface area contributed by atoms with E-state index in [1.807, 2.05) is 71.3 Å². The average Bonchev–Trinajstić information content (AvgIpc) is 3.29. The molecule has 34 heavy (non-hydrogen) atoms. The summed E-state index contributed by atoms with van der Waals surface area (Å²) in [4.78, 5) is 34.7. The Balaban J connectivity index is 1.26. The number of benzene rings is 2. The molecule has 9 heteroatoms. The summed E-state index contributed by atoms with van der Waals surface area (Å²) in [6.45, 7) is 6.04. The van der Waals surface area contributed by atoms with Crippen molar-refractivity contribution in [2.24, 2.45) is 0 Å². The SMILES string of the molecule is Cc1cccc(O[C@@H](C)C(=O)N2CCN(c3cc(=O)n4nc(-c5ccccc5)sc4n3)CC2)c1. The fourth-order valence-corrected chi connectivity index (χ4v) is 4.92. The first-order chi connectivity index (χ1) is 16.5. The minimum Gasteiger partial charge on any atom is -0.481 e. The lowest BCUT2D eigenvalue weighted by Crippen LogP contribution is -2.52.